The molecule has 1 aliphatic rings. The third kappa shape index (κ3) is 3.57. The molecule has 2 rings (SSSR count). The van der Waals surface area contributed by atoms with E-state index in [2.05, 4.69) is 22.2 Å². The number of anilines is 1. The van der Waals surface area contributed by atoms with Crippen molar-refractivity contribution < 1.29 is 9.66 Å². The van der Waals surface area contributed by atoms with Crippen molar-refractivity contribution in [1.29, 1.82) is 0 Å². The predicted octanol–water partition coefficient (Wildman–Crippen LogP) is 1.89. The minimum atomic E-state index is -0.451. The number of hydrogen-bond acceptors (Lipinski definition) is 6. The molecule has 1 aromatic heterocycles. The number of nitro groups is 1. The number of aromatic nitrogens is 1. The van der Waals surface area contributed by atoms with E-state index in [9.17, 15) is 10.1 Å². The summed E-state index contributed by atoms with van der Waals surface area (Å²) >= 11 is 0. The summed E-state index contributed by atoms with van der Waals surface area (Å²) in [4.78, 5) is 17.0. The van der Waals surface area contributed by atoms with Crippen molar-refractivity contribution in [3.8, 4) is 5.88 Å². The van der Waals surface area contributed by atoms with Crippen LogP contribution in [0.3, 0.4) is 0 Å². The first-order valence-corrected chi connectivity index (χ1v) is 6.84. The third-order valence-electron chi connectivity index (χ3n) is 3.34. The molecule has 1 saturated heterocycles. The Labute approximate surface area is 118 Å². The molecule has 20 heavy (non-hydrogen) atoms. The molecule has 0 radical (unpaired) electrons. The summed E-state index contributed by atoms with van der Waals surface area (Å²) in [7, 11) is 2.06. The van der Waals surface area contributed by atoms with Crippen molar-refractivity contribution in [2.45, 2.75) is 25.9 Å². The molecule has 0 spiro atoms. The molecule has 7 heteroatoms. The quantitative estimate of drug-likeness (QED) is 0.655. The van der Waals surface area contributed by atoms with Crippen LogP contribution in [0.25, 0.3) is 0 Å². The highest BCUT2D eigenvalue weighted by Gasteiger charge is 2.24. The number of nitrogens with zero attached hydrogens (tertiary/aromatic N) is 3. The van der Waals surface area contributed by atoms with Gasteiger partial charge in [-0.15, -0.1) is 0 Å². The molecule has 1 fully saturated rings. The van der Waals surface area contributed by atoms with Gasteiger partial charge in [-0.3, -0.25) is 10.1 Å². The van der Waals surface area contributed by atoms with Crippen LogP contribution in [0.15, 0.2) is 12.1 Å². The van der Waals surface area contributed by atoms with Crippen molar-refractivity contribution in [2.75, 3.05) is 32.0 Å². The average molecular weight is 280 g/mol. The lowest BCUT2D eigenvalue weighted by Gasteiger charge is -2.28. The second-order valence-electron chi connectivity index (χ2n) is 4.93. The monoisotopic (exact) mass is 280 g/mol. The molecule has 0 aliphatic carbocycles. The normalized spacial score (nSPS) is 16.9. The summed E-state index contributed by atoms with van der Waals surface area (Å²) in [6, 6.07) is 3.04. The number of likely N-dealkylation sites (tertiary alicyclic amines) is 1. The zero-order valence-corrected chi connectivity index (χ0v) is 11.8. The Balaban J connectivity index is 2.14. The van der Waals surface area contributed by atoms with Gasteiger partial charge in [-0.1, -0.05) is 0 Å². The van der Waals surface area contributed by atoms with Gasteiger partial charge in [0.1, 0.15) is 11.9 Å². The first-order valence-electron chi connectivity index (χ1n) is 6.84. The number of piperidine rings is 1. The van der Waals surface area contributed by atoms with E-state index in [1.165, 1.54) is 6.07 Å². The predicted molar refractivity (Wildman–Crippen MR) is 76.2 cm³/mol. The van der Waals surface area contributed by atoms with Crippen LogP contribution in [0.5, 0.6) is 5.88 Å². The smallest absolute Gasteiger partial charge is 0.331 e. The molecule has 7 nitrogen and oxygen atoms in total. The zero-order chi connectivity index (χ0) is 14.5. The Morgan fingerprint density at radius 1 is 1.50 bits per heavy atom. The summed E-state index contributed by atoms with van der Waals surface area (Å²) < 4.78 is 5.76. The largest absolute Gasteiger partial charge is 0.469 e. The highest BCUT2D eigenvalue weighted by molar-refractivity contribution is 5.49. The van der Waals surface area contributed by atoms with Crippen LogP contribution in [0.2, 0.25) is 0 Å². The molecule has 0 saturated carbocycles. The lowest BCUT2D eigenvalue weighted by molar-refractivity contribution is -0.386. The molecule has 1 aliphatic heterocycles. The topological polar surface area (TPSA) is 80.5 Å². The average Bonchev–Trinajstić information content (AvgIpc) is 2.42. The number of ether oxygens (including phenoxy) is 1. The van der Waals surface area contributed by atoms with Crippen LogP contribution in [0, 0.1) is 10.1 Å². The molecule has 0 amide bonds. The fourth-order valence-corrected chi connectivity index (χ4v) is 2.20. The summed E-state index contributed by atoms with van der Waals surface area (Å²) in [5.74, 6) is 0.712. The van der Waals surface area contributed by atoms with E-state index < -0.39 is 4.92 Å². The van der Waals surface area contributed by atoms with Crippen LogP contribution < -0.4 is 10.1 Å². The van der Waals surface area contributed by atoms with Crippen LogP contribution in [-0.4, -0.2) is 47.6 Å². The van der Waals surface area contributed by atoms with E-state index in [1.807, 2.05) is 6.92 Å². The standard InChI is InChI=1S/C13H20N4O3/c1-3-14-12-5-4-11(17(18)19)13(15-12)20-10-6-8-16(2)9-7-10/h4-5,10H,3,6-9H2,1-2H3,(H,14,15). The summed E-state index contributed by atoms with van der Waals surface area (Å²) in [5, 5.41) is 14.1. The highest BCUT2D eigenvalue weighted by atomic mass is 16.6. The van der Waals surface area contributed by atoms with E-state index in [0.29, 0.717) is 12.4 Å². The number of hydrogen-bond donors (Lipinski definition) is 1. The molecule has 0 aromatic carbocycles. The highest BCUT2D eigenvalue weighted by Crippen LogP contribution is 2.28. The van der Waals surface area contributed by atoms with E-state index in [4.69, 9.17) is 4.74 Å². The lowest BCUT2D eigenvalue weighted by atomic mass is 10.1. The molecule has 1 N–H and O–H groups in total. The van der Waals surface area contributed by atoms with Gasteiger partial charge in [0, 0.05) is 25.7 Å². The Bertz CT molecular complexity index is 473. The summed E-state index contributed by atoms with van der Waals surface area (Å²) in [5.41, 5.74) is -0.0782. The Kier molecular flexibility index (Phi) is 4.73. The van der Waals surface area contributed by atoms with Crippen molar-refractivity contribution >= 4 is 11.5 Å². The van der Waals surface area contributed by atoms with Gasteiger partial charge in [0.05, 0.1) is 4.92 Å². The minimum Gasteiger partial charge on any atom is -0.469 e. The number of rotatable bonds is 5. The zero-order valence-electron chi connectivity index (χ0n) is 11.8. The second kappa shape index (κ2) is 6.51. The Morgan fingerprint density at radius 3 is 2.80 bits per heavy atom. The maximum Gasteiger partial charge on any atom is 0.331 e. The van der Waals surface area contributed by atoms with E-state index in [1.54, 1.807) is 6.07 Å². The molecule has 0 bridgehead atoms. The molecule has 1 aromatic rings. The van der Waals surface area contributed by atoms with Crippen molar-refractivity contribution in [1.82, 2.24) is 9.88 Å². The van der Waals surface area contributed by atoms with Crippen molar-refractivity contribution in [3.05, 3.63) is 22.2 Å². The SMILES string of the molecule is CCNc1ccc([N+](=O)[O-])c(OC2CCN(C)CC2)n1. The first-order chi connectivity index (χ1) is 9.60. The van der Waals surface area contributed by atoms with Gasteiger partial charge in [0.2, 0.25) is 0 Å². The van der Waals surface area contributed by atoms with Gasteiger partial charge in [0.15, 0.2) is 0 Å². The minimum absolute atomic E-state index is 0.00530. The van der Waals surface area contributed by atoms with E-state index >= 15 is 0 Å². The molecule has 2 heterocycles. The summed E-state index contributed by atoms with van der Waals surface area (Å²) in [6.45, 7) is 4.52. The summed E-state index contributed by atoms with van der Waals surface area (Å²) in [6.07, 6.45) is 1.72. The Morgan fingerprint density at radius 2 is 2.20 bits per heavy atom. The molecule has 0 unspecified atom stereocenters. The fraction of sp³-hybridized carbons (Fsp3) is 0.615. The van der Waals surface area contributed by atoms with Crippen LogP contribution in [0.1, 0.15) is 19.8 Å². The second-order valence-corrected chi connectivity index (χ2v) is 4.93. The third-order valence-corrected chi connectivity index (χ3v) is 3.34. The number of nitrogens with one attached hydrogen (secondary N) is 1. The molecular weight excluding hydrogens is 260 g/mol. The first kappa shape index (κ1) is 14.5. The van der Waals surface area contributed by atoms with E-state index in [-0.39, 0.29) is 17.7 Å². The molecule has 110 valence electrons. The Hall–Kier alpha value is -1.89. The maximum absolute atomic E-state index is 11.0. The van der Waals surface area contributed by atoms with Gasteiger partial charge in [-0.2, -0.15) is 4.98 Å². The fourth-order valence-electron chi connectivity index (χ4n) is 2.20. The van der Waals surface area contributed by atoms with Gasteiger partial charge in [0.25, 0.3) is 5.88 Å². The van der Waals surface area contributed by atoms with Gasteiger partial charge in [-0.25, -0.2) is 0 Å². The molecular formula is C13H20N4O3. The van der Waals surface area contributed by atoms with Crippen LogP contribution in [0.4, 0.5) is 11.5 Å². The van der Waals surface area contributed by atoms with Gasteiger partial charge >= 0.3 is 5.69 Å². The van der Waals surface area contributed by atoms with Crippen LogP contribution >= 0.6 is 0 Å². The number of pyridine rings is 1. The van der Waals surface area contributed by atoms with Gasteiger partial charge in [-0.05, 0) is 32.9 Å². The maximum atomic E-state index is 11.0. The van der Waals surface area contributed by atoms with Gasteiger partial charge < -0.3 is 15.0 Å². The lowest BCUT2D eigenvalue weighted by Crippen LogP contribution is -2.35. The van der Waals surface area contributed by atoms with E-state index in [0.717, 1.165) is 25.9 Å². The van der Waals surface area contributed by atoms with Crippen molar-refractivity contribution in [2.24, 2.45) is 0 Å². The van der Waals surface area contributed by atoms with Crippen LogP contribution in [-0.2, 0) is 0 Å². The van der Waals surface area contributed by atoms with Crippen molar-refractivity contribution in [3.63, 3.8) is 0 Å². The molecule has 0 atom stereocenters.